The molecule has 1 aliphatic rings. The van der Waals surface area contributed by atoms with Crippen molar-refractivity contribution < 1.29 is 13.2 Å². The largest absolute Gasteiger partial charge is 0.330 e. The van der Waals surface area contributed by atoms with Crippen molar-refractivity contribution in [3.05, 3.63) is 98.6 Å². The first-order chi connectivity index (χ1) is 18.1. The predicted octanol–water partition coefficient (Wildman–Crippen LogP) is 6.62. The van der Waals surface area contributed by atoms with E-state index < -0.39 is 10.0 Å². The fourth-order valence-electron chi connectivity index (χ4n) is 4.80. The average Bonchev–Trinajstić information content (AvgIpc) is 3.38. The molecule has 0 spiro atoms. The third kappa shape index (κ3) is 6.63. The molecule has 0 fully saturated rings. The van der Waals surface area contributed by atoms with Gasteiger partial charge in [-0.1, -0.05) is 88.7 Å². The summed E-state index contributed by atoms with van der Waals surface area (Å²) in [7, 11) is -3.77. The van der Waals surface area contributed by atoms with E-state index in [1.165, 1.54) is 20.2 Å². The second kappa shape index (κ2) is 12.0. The number of nitrogens with zero attached hydrogens (tertiary/aromatic N) is 2. The summed E-state index contributed by atoms with van der Waals surface area (Å²) in [6.45, 7) is 9.29. The number of carbonyl (C=O) groups is 1. The highest BCUT2D eigenvalue weighted by molar-refractivity contribution is 7.92. The molecule has 1 aromatic heterocycles. The van der Waals surface area contributed by atoms with Crippen LogP contribution >= 0.6 is 11.3 Å². The lowest BCUT2D eigenvalue weighted by Crippen LogP contribution is -2.46. The predicted molar refractivity (Wildman–Crippen MR) is 158 cm³/mol. The molecule has 0 saturated heterocycles. The number of sulfonamides is 1. The summed E-state index contributed by atoms with van der Waals surface area (Å²) in [6, 6.07) is 19.8. The third-order valence-corrected chi connectivity index (χ3v) is 9.55. The zero-order valence-electron chi connectivity index (χ0n) is 22.8. The van der Waals surface area contributed by atoms with Gasteiger partial charge < -0.3 is 4.90 Å². The van der Waals surface area contributed by atoms with Crippen molar-refractivity contribution in [3.63, 3.8) is 0 Å². The summed E-state index contributed by atoms with van der Waals surface area (Å²) < 4.78 is 28.0. The molecule has 7 heteroatoms. The molecule has 0 saturated carbocycles. The number of hydrogen-bond acceptors (Lipinski definition) is 4. The molecule has 2 heterocycles. The Morgan fingerprint density at radius 3 is 2.45 bits per heavy atom. The number of hydrogen-bond donors (Lipinski definition) is 0. The zero-order valence-corrected chi connectivity index (χ0v) is 24.4. The summed E-state index contributed by atoms with van der Waals surface area (Å²) in [5.41, 5.74) is 4.28. The third-order valence-electron chi connectivity index (χ3n) is 7.04. The molecule has 1 amide bonds. The Balaban J connectivity index is 1.61. The van der Waals surface area contributed by atoms with Gasteiger partial charge in [0.05, 0.1) is 12.6 Å². The van der Waals surface area contributed by atoms with Gasteiger partial charge in [-0.25, -0.2) is 8.42 Å². The zero-order chi connectivity index (χ0) is 27.3. The monoisotopic (exact) mass is 550 g/mol. The highest BCUT2D eigenvalue weighted by atomic mass is 32.2. The van der Waals surface area contributed by atoms with E-state index in [-0.39, 0.29) is 23.9 Å². The van der Waals surface area contributed by atoms with Crippen LogP contribution in [0.2, 0.25) is 0 Å². The van der Waals surface area contributed by atoms with Gasteiger partial charge in [-0.05, 0) is 58.0 Å². The van der Waals surface area contributed by atoms with Crippen LogP contribution in [-0.2, 0) is 26.7 Å². The lowest BCUT2D eigenvalue weighted by atomic mass is 9.85. The van der Waals surface area contributed by atoms with Crippen LogP contribution in [0.1, 0.15) is 73.7 Å². The van der Waals surface area contributed by atoms with Gasteiger partial charge in [0.15, 0.2) is 0 Å². The maximum Gasteiger partial charge on any atom is 0.238 e. The second-order valence-electron chi connectivity index (χ2n) is 10.9. The van der Waals surface area contributed by atoms with Gasteiger partial charge in [-0.15, -0.1) is 11.3 Å². The summed E-state index contributed by atoms with van der Waals surface area (Å²) in [5, 5.41) is 3.31. The van der Waals surface area contributed by atoms with Gasteiger partial charge in [0.1, 0.15) is 0 Å². The topological polar surface area (TPSA) is 57.7 Å². The van der Waals surface area contributed by atoms with Crippen LogP contribution in [-0.4, -0.2) is 43.2 Å². The van der Waals surface area contributed by atoms with E-state index in [4.69, 9.17) is 0 Å². The first-order valence-corrected chi connectivity index (χ1v) is 15.7. The lowest BCUT2D eigenvalue weighted by molar-refractivity contribution is -0.133. The minimum atomic E-state index is -3.77. The Kier molecular flexibility index (Phi) is 8.91. The number of thiophene rings is 1. The summed E-state index contributed by atoms with van der Waals surface area (Å²) in [6.07, 6.45) is 3.91. The Hall–Kier alpha value is -2.74. The van der Waals surface area contributed by atoms with Crippen molar-refractivity contribution in [3.8, 4) is 0 Å². The van der Waals surface area contributed by atoms with Gasteiger partial charge in [0.25, 0.3) is 0 Å². The van der Waals surface area contributed by atoms with Crippen LogP contribution in [0.3, 0.4) is 0 Å². The standard InChI is InChI=1S/C31H38N2O3S2/c1-5-6-19-32(38(35,36)22-18-24-10-8-7-9-11-24)23-29(34)33-20-16-28-27(17-21-37-28)30(33)25-12-14-26(15-13-25)31(2,3)4/h7-15,17-18,21-22,30H,5-6,16,19-20,23H2,1-4H3. The van der Waals surface area contributed by atoms with Crippen molar-refractivity contribution in [1.82, 2.24) is 9.21 Å². The number of rotatable bonds is 9. The molecule has 1 atom stereocenters. The first kappa shape index (κ1) is 28.3. The van der Waals surface area contributed by atoms with Crippen LogP contribution in [0.15, 0.2) is 71.5 Å². The Morgan fingerprint density at radius 2 is 1.79 bits per heavy atom. The van der Waals surface area contributed by atoms with Crippen LogP contribution in [0.4, 0.5) is 0 Å². The first-order valence-electron chi connectivity index (χ1n) is 13.3. The summed E-state index contributed by atoms with van der Waals surface area (Å²) >= 11 is 1.73. The lowest BCUT2D eigenvalue weighted by Gasteiger charge is -2.37. The Bertz CT molecular complexity index is 1350. The second-order valence-corrected chi connectivity index (χ2v) is 13.7. The molecular weight excluding hydrogens is 512 g/mol. The SMILES string of the molecule is CCCCN(CC(=O)N1CCc2sccc2C1c1ccc(C(C)(C)C)cc1)S(=O)(=O)C=Cc1ccccc1. The quantitative estimate of drug-likeness (QED) is 0.301. The highest BCUT2D eigenvalue weighted by Crippen LogP contribution is 2.38. The van der Waals surface area contributed by atoms with Crippen molar-refractivity contribution in [1.29, 1.82) is 0 Å². The molecule has 4 rings (SSSR count). The van der Waals surface area contributed by atoms with Gasteiger partial charge >= 0.3 is 0 Å². The van der Waals surface area contributed by atoms with Gasteiger partial charge in [-0.3, -0.25) is 4.79 Å². The molecule has 1 aliphatic heterocycles. The fraction of sp³-hybridized carbons (Fsp3) is 0.387. The highest BCUT2D eigenvalue weighted by Gasteiger charge is 2.35. The molecule has 3 aromatic rings. The van der Waals surface area contributed by atoms with Gasteiger partial charge in [0.2, 0.25) is 15.9 Å². The van der Waals surface area contributed by atoms with Crippen LogP contribution in [0, 0.1) is 0 Å². The number of carbonyl (C=O) groups excluding carboxylic acids is 1. The molecule has 5 nitrogen and oxygen atoms in total. The number of unbranched alkanes of at least 4 members (excludes halogenated alkanes) is 1. The van der Waals surface area contributed by atoms with E-state index in [1.54, 1.807) is 17.4 Å². The smallest absolute Gasteiger partial charge is 0.238 e. The molecule has 38 heavy (non-hydrogen) atoms. The van der Waals surface area contributed by atoms with Gasteiger partial charge in [0, 0.05) is 23.4 Å². The number of benzene rings is 2. The van der Waals surface area contributed by atoms with E-state index in [2.05, 4.69) is 56.5 Å². The molecule has 0 N–H and O–H groups in total. The average molecular weight is 551 g/mol. The number of fused-ring (bicyclic) bond motifs is 1. The maximum absolute atomic E-state index is 13.8. The molecular formula is C31H38N2O3S2. The van der Waals surface area contributed by atoms with Crippen molar-refractivity contribution in [2.45, 2.75) is 58.4 Å². The van der Waals surface area contributed by atoms with Crippen molar-refractivity contribution in [2.75, 3.05) is 19.6 Å². The minimum Gasteiger partial charge on any atom is -0.330 e. The Labute approximate surface area is 231 Å². The minimum absolute atomic E-state index is 0.0373. The normalized spacial score (nSPS) is 16.2. The Morgan fingerprint density at radius 1 is 1.08 bits per heavy atom. The maximum atomic E-state index is 13.8. The van der Waals surface area contributed by atoms with Crippen LogP contribution < -0.4 is 0 Å². The van der Waals surface area contributed by atoms with Crippen LogP contribution in [0.5, 0.6) is 0 Å². The van der Waals surface area contributed by atoms with Crippen molar-refractivity contribution >= 4 is 33.3 Å². The number of amides is 1. The van der Waals surface area contributed by atoms with E-state index in [1.807, 2.05) is 42.2 Å². The molecule has 202 valence electrons. The van der Waals surface area contributed by atoms with E-state index in [0.29, 0.717) is 19.5 Å². The molecule has 0 aliphatic carbocycles. The van der Waals surface area contributed by atoms with Crippen molar-refractivity contribution in [2.24, 2.45) is 0 Å². The fourth-order valence-corrected chi connectivity index (χ4v) is 6.88. The van der Waals surface area contributed by atoms with Gasteiger partial charge in [-0.2, -0.15) is 4.31 Å². The van der Waals surface area contributed by atoms with E-state index in [0.717, 1.165) is 29.5 Å². The van der Waals surface area contributed by atoms with E-state index >= 15 is 0 Å². The summed E-state index contributed by atoms with van der Waals surface area (Å²) in [5.74, 6) is -0.167. The molecule has 0 radical (unpaired) electrons. The molecule has 1 unspecified atom stereocenters. The van der Waals surface area contributed by atoms with E-state index in [9.17, 15) is 13.2 Å². The molecule has 2 aromatic carbocycles. The summed E-state index contributed by atoms with van der Waals surface area (Å²) in [4.78, 5) is 17.0. The molecule has 0 bridgehead atoms. The van der Waals surface area contributed by atoms with Crippen LogP contribution in [0.25, 0.3) is 6.08 Å².